The Balaban J connectivity index is 2.13. The SMILES string of the molecule is CCCCCCCCCCC1N(CC)C=CN1C(C)C. The van der Waals surface area contributed by atoms with Gasteiger partial charge in [-0.1, -0.05) is 51.9 Å². The Morgan fingerprint density at radius 1 is 0.850 bits per heavy atom. The molecule has 1 aliphatic rings. The highest BCUT2D eigenvalue weighted by Crippen LogP contribution is 2.23. The van der Waals surface area contributed by atoms with Gasteiger partial charge >= 0.3 is 0 Å². The van der Waals surface area contributed by atoms with Crippen molar-refractivity contribution in [3.63, 3.8) is 0 Å². The maximum atomic E-state index is 2.52. The number of unbranched alkanes of at least 4 members (excludes halogenated alkanes) is 7. The van der Waals surface area contributed by atoms with Crippen molar-refractivity contribution in [1.82, 2.24) is 9.80 Å². The molecule has 1 unspecified atom stereocenters. The number of hydrogen-bond acceptors (Lipinski definition) is 2. The summed E-state index contributed by atoms with van der Waals surface area (Å²) in [4.78, 5) is 5.01. The normalized spacial score (nSPS) is 18.6. The molecule has 0 radical (unpaired) electrons. The zero-order valence-electron chi connectivity index (χ0n) is 14.3. The summed E-state index contributed by atoms with van der Waals surface area (Å²) in [6.07, 6.45) is 17.8. The number of hydrogen-bond donors (Lipinski definition) is 0. The standard InChI is InChI=1S/C18H36N2/c1-5-7-8-9-10-11-12-13-14-18-19(6-2)15-16-20(18)17(3)4/h15-18H,5-14H2,1-4H3. The minimum Gasteiger partial charge on any atom is -0.356 e. The van der Waals surface area contributed by atoms with Crippen LogP contribution in [0.2, 0.25) is 0 Å². The van der Waals surface area contributed by atoms with E-state index < -0.39 is 0 Å². The Hall–Kier alpha value is -0.660. The van der Waals surface area contributed by atoms with Gasteiger partial charge in [-0.2, -0.15) is 0 Å². The largest absolute Gasteiger partial charge is 0.356 e. The second-order valence-corrected chi connectivity index (χ2v) is 6.41. The molecule has 2 nitrogen and oxygen atoms in total. The van der Waals surface area contributed by atoms with Crippen molar-refractivity contribution in [2.24, 2.45) is 0 Å². The molecule has 1 aliphatic heterocycles. The highest BCUT2D eigenvalue weighted by atomic mass is 15.4. The molecule has 0 N–H and O–H groups in total. The molecular weight excluding hydrogens is 244 g/mol. The van der Waals surface area contributed by atoms with E-state index in [1.165, 1.54) is 57.8 Å². The fraction of sp³-hybridized carbons (Fsp3) is 0.889. The van der Waals surface area contributed by atoms with E-state index in [1.807, 2.05) is 0 Å². The van der Waals surface area contributed by atoms with Crippen LogP contribution in [-0.2, 0) is 0 Å². The molecule has 0 spiro atoms. The number of rotatable bonds is 11. The average molecular weight is 281 g/mol. The zero-order valence-corrected chi connectivity index (χ0v) is 14.3. The molecule has 0 saturated heterocycles. The Kier molecular flexibility index (Phi) is 8.80. The molecule has 0 aromatic rings. The molecule has 0 bridgehead atoms. The fourth-order valence-corrected chi connectivity index (χ4v) is 3.14. The predicted molar refractivity (Wildman–Crippen MR) is 89.5 cm³/mol. The maximum absolute atomic E-state index is 2.52. The van der Waals surface area contributed by atoms with Crippen LogP contribution in [0.3, 0.4) is 0 Å². The van der Waals surface area contributed by atoms with Gasteiger partial charge in [0.2, 0.25) is 0 Å². The van der Waals surface area contributed by atoms with Crippen molar-refractivity contribution in [2.75, 3.05) is 6.54 Å². The van der Waals surface area contributed by atoms with E-state index >= 15 is 0 Å². The molecule has 0 aliphatic carbocycles. The highest BCUT2D eigenvalue weighted by Gasteiger charge is 2.26. The monoisotopic (exact) mass is 280 g/mol. The molecule has 0 amide bonds. The lowest BCUT2D eigenvalue weighted by molar-refractivity contribution is 0.119. The molecule has 1 rings (SSSR count). The summed E-state index contributed by atoms with van der Waals surface area (Å²) < 4.78 is 0. The summed E-state index contributed by atoms with van der Waals surface area (Å²) in [6.45, 7) is 10.3. The van der Waals surface area contributed by atoms with Crippen molar-refractivity contribution < 1.29 is 0 Å². The van der Waals surface area contributed by atoms with Crippen LogP contribution < -0.4 is 0 Å². The third kappa shape index (κ3) is 5.76. The van der Waals surface area contributed by atoms with Crippen molar-refractivity contribution in [2.45, 2.75) is 97.7 Å². The molecular formula is C18H36N2. The second-order valence-electron chi connectivity index (χ2n) is 6.41. The van der Waals surface area contributed by atoms with Crippen LogP contribution in [0.15, 0.2) is 12.4 Å². The first-order chi connectivity index (χ1) is 9.70. The van der Waals surface area contributed by atoms with Gasteiger partial charge in [-0.3, -0.25) is 0 Å². The van der Waals surface area contributed by atoms with Crippen LogP contribution in [-0.4, -0.2) is 28.6 Å². The van der Waals surface area contributed by atoms with Crippen molar-refractivity contribution in [3.05, 3.63) is 12.4 Å². The third-order valence-electron chi connectivity index (χ3n) is 4.43. The first kappa shape index (κ1) is 17.4. The summed E-state index contributed by atoms with van der Waals surface area (Å²) in [6, 6.07) is 0.613. The predicted octanol–water partition coefficient (Wildman–Crippen LogP) is 5.36. The molecule has 0 saturated carbocycles. The molecule has 0 aromatic carbocycles. The Morgan fingerprint density at radius 2 is 1.45 bits per heavy atom. The highest BCUT2D eigenvalue weighted by molar-refractivity contribution is 4.97. The topological polar surface area (TPSA) is 6.48 Å². The lowest BCUT2D eigenvalue weighted by Gasteiger charge is -2.34. The van der Waals surface area contributed by atoms with E-state index in [9.17, 15) is 0 Å². The Morgan fingerprint density at radius 3 is 2.00 bits per heavy atom. The molecule has 20 heavy (non-hydrogen) atoms. The minimum absolute atomic E-state index is 0.611. The Bertz CT molecular complexity index is 260. The van der Waals surface area contributed by atoms with Crippen LogP contribution in [0.5, 0.6) is 0 Å². The minimum atomic E-state index is 0.611. The van der Waals surface area contributed by atoms with E-state index in [-0.39, 0.29) is 0 Å². The zero-order chi connectivity index (χ0) is 14.8. The van der Waals surface area contributed by atoms with Gasteiger partial charge in [0.05, 0.1) is 0 Å². The van der Waals surface area contributed by atoms with Gasteiger partial charge in [-0.05, 0) is 33.6 Å². The van der Waals surface area contributed by atoms with Crippen LogP contribution in [0.1, 0.15) is 85.5 Å². The van der Waals surface area contributed by atoms with E-state index in [0.717, 1.165) is 6.54 Å². The van der Waals surface area contributed by atoms with E-state index in [0.29, 0.717) is 12.2 Å². The quantitative estimate of drug-likeness (QED) is 0.470. The molecule has 118 valence electrons. The van der Waals surface area contributed by atoms with E-state index in [2.05, 4.69) is 49.9 Å². The summed E-state index contributed by atoms with van der Waals surface area (Å²) >= 11 is 0. The van der Waals surface area contributed by atoms with Gasteiger partial charge in [-0.25, -0.2) is 0 Å². The average Bonchev–Trinajstić information content (AvgIpc) is 2.85. The molecule has 0 fully saturated rings. The van der Waals surface area contributed by atoms with E-state index in [1.54, 1.807) is 0 Å². The molecule has 1 heterocycles. The van der Waals surface area contributed by atoms with Gasteiger partial charge in [0.1, 0.15) is 6.17 Å². The summed E-state index contributed by atoms with van der Waals surface area (Å²) in [7, 11) is 0. The van der Waals surface area contributed by atoms with Gasteiger partial charge in [-0.15, -0.1) is 0 Å². The van der Waals surface area contributed by atoms with Gasteiger partial charge in [0.15, 0.2) is 0 Å². The first-order valence-electron chi connectivity index (χ1n) is 8.92. The van der Waals surface area contributed by atoms with Gasteiger partial charge in [0, 0.05) is 25.0 Å². The maximum Gasteiger partial charge on any atom is 0.101 e. The molecule has 0 aromatic heterocycles. The fourth-order valence-electron chi connectivity index (χ4n) is 3.14. The smallest absolute Gasteiger partial charge is 0.101 e. The molecule has 2 heteroatoms. The van der Waals surface area contributed by atoms with Crippen LogP contribution >= 0.6 is 0 Å². The van der Waals surface area contributed by atoms with Crippen molar-refractivity contribution >= 4 is 0 Å². The van der Waals surface area contributed by atoms with Crippen LogP contribution in [0.4, 0.5) is 0 Å². The van der Waals surface area contributed by atoms with E-state index in [4.69, 9.17) is 0 Å². The van der Waals surface area contributed by atoms with Crippen LogP contribution in [0, 0.1) is 0 Å². The lowest BCUT2D eigenvalue weighted by atomic mass is 10.1. The van der Waals surface area contributed by atoms with Gasteiger partial charge in [0.25, 0.3) is 0 Å². The van der Waals surface area contributed by atoms with Crippen molar-refractivity contribution in [1.29, 1.82) is 0 Å². The van der Waals surface area contributed by atoms with Gasteiger partial charge < -0.3 is 9.80 Å². The first-order valence-corrected chi connectivity index (χ1v) is 8.92. The summed E-state index contributed by atoms with van der Waals surface area (Å²) in [5.41, 5.74) is 0. The second kappa shape index (κ2) is 10.1. The van der Waals surface area contributed by atoms with Crippen molar-refractivity contribution in [3.8, 4) is 0 Å². The third-order valence-corrected chi connectivity index (χ3v) is 4.43. The molecule has 1 atom stereocenters. The summed E-state index contributed by atoms with van der Waals surface area (Å²) in [5.74, 6) is 0. The van der Waals surface area contributed by atoms with Crippen LogP contribution in [0.25, 0.3) is 0 Å². The lowest BCUT2D eigenvalue weighted by Crippen LogP contribution is -2.41. The Labute approximate surface area is 127 Å². The summed E-state index contributed by atoms with van der Waals surface area (Å²) in [5, 5.41) is 0. The number of nitrogens with zero attached hydrogens (tertiary/aromatic N) is 2.